The summed E-state index contributed by atoms with van der Waals surface area (Å²) in [7, 11) is 0. The van der Waals surface area contributed by atoms with Crippen LogP contribution in [0.1, 0.15) is 12.0 Å². The summed E-state index contributed by atoms with van der Waals surface area (Å²) >= 11 is 6.28. The Bertz CT molecular complexity index is 1190. The van der Waals surface area contributed by atoms with E-state index in [4.69, 9.17) is 11.6 Å². The molecular formula is C28H30ClN5O2. The second-order valence-corrected chi connectivity index (χ2v) is 9.11. The fourth-order valence-corrected chi connectivity index (χ4v) is 4.49. The largest absolute Gasteiger partial charge is 0.353 e. The number of anilines is 1. The van der Waals surface area contributed by atoms with Crippen molar-refractivity contribution in [2.24, 2.45) is 0 Å². The maximum absolute atomic E-state index is 13.1. The molecule has 0 unspecified atom stereocenters. The summed E-state index contributed by atoms with van der Waals surface area (Å²) < 4.78 is 0. The Hall–Kier alpha value is -3.71. The van der Waals surface area contributed by atoms with Gasteiger partial charge in [0.05, 0.1) is 17.1 Å². The third kappa shape index (κ3) is 6.49. The Labute approximate surface area is 217 Å². The molecule has 2 amide bonds. The molecule has 1 aliphatic rings. The highest BCUT2D eigenvalue weighted by molar-refractivity contribution is 6.33. The molecule has 7 nitrogen and oxygen atoms in total. The number of hydrogen-bond acceptors (Lipinski definition) is 5. The average molecular weight is 504 g/mol. The molecule has 1 aliphatic heterocycles. The zero-order valence-electron chi connectivity index (χ0n) is 20.2. The van der Waals surface area contributed by atoms with Crippen molar-refractivity contribution >= 4 is 29.2 Å². The van der Waals surface area contributed by atoms with Gasteiger partial charge in [0.2, 0.25) is 11.8 Å². The number of hydrogen-bond donors (Lipinski definition) is 0. The Morgan fingerprint density at radius 3 is 2.44 bits per heavy atom. The SMILES string of the molecule is C=CCN(CC(=O)N1CCCN(c2ccc(-c3ccccc3Cl)nn2)CC1)C(=O)Cc1ccccc1. The van der Waals surface area contributed by atoms with Crippen molar-refractivity contribution in [1.82, 2.24) is 20.0 Å². The van der Waals surface area contributed by atoms with E-state index in [-0.39, 0.29) is 24.8 Å². The van der Waals surface area contributed by atoms with Crippen LogP contribution in [-0.2, 0) is 16.0 Å². The lowest BCUT2D eigenvalue weighted by molar-refractivity contribution is -0.139. The molecule has 0 bridgehead atoms. The van der Waals surface area contributed by atoms with Crippen LogP contribution in [0.15, 0.2) is 79.4 Å². The number of nitrogens with zero attached hydrogens (tertiary/aromatic N) is 5. The van der Waals surface area contributed by atoms with Crippen LogP contribution in [0.2, 0.25) is 5.02 Å². The Kier molecular flexibility index (Phi) is 8.68. The Morgan fingerprint density at radius 1 is 0.944 bits per heavy atom. The molecule has 4 rings (SSSR count). The predicted octanol–water partition coefficient (Wildman–Crippen LogP) is 4.09. The second kappa shape index (κ2) is 12.3. The minimum absolute atomic E-state index is 0.0457. The van der Waals surface area contributed by atoms with Gasteiger partial charge in [-0.3, -0.25) is 9.59 Å². The fraction of sp³-hybridized carbons (Fsp3) is 0.286. The maximum Gasteiger partial charge on any atom is 0.242 e. The molecule has 0 N–H and O–H groups in total. The highest BCUT2D eigenvalue weighted by Crippen LogP contribution is 2.26. The van der Waals surface area contributed by atoms with E-state index in [9.17, 15) is 9.59 Å². The first kappa shape index (κ1) is 25.4. The molecule has 0 spiro atoms. The number of amides is 2. The highest BCUT2D eigenvalue weighted by atomic mass is 35.5. The van der Waals surface area contributed by atoms with Gasteiger partial charge in [-0.2, -0.15) is 0 Å². The van der Waals surface area contributed by atoms with Gasteiger partial charge in [0, 0.05) is 38.3 Å². The summed E-state index contributed by atoms with van der Waals surface area (Å²) in [5, 5.41) is 9.43. The average Bonchev–Trinajstić information content (AvgIpc) is 3.16. The minimum atomic E-state index is -0.0835. The molecule has 1 saturated heterocycles. The molecule has 36 heavy (non-hydrogen) atoms. The van der Waals surface area contributed by atoms with Crippen molar-refractivity contribution in [2.75, 3.05) is 44.2 Å². The van der Waals surface area contributed by atoms with E-state index in [1.807, 2.05) is 71.6 Å². The molecule has 186 valence electrons. The third-order valence-electron chi connectivity index (χ3n) is 6.20. The van der Waals surface area contributed by atoms with E-state index < -0.39 is 0 Å². The van der Waals surface area contributed by atoms with E-state index in [2.05, 4.69) is 21.7 Å². The van der Waals surface area contributed by atoms with Gasteiger partial charge in [0.25, 0.3) is 0 Å². The van der Waals surface area contributed by atoms with Gasteiger partial charge in [-0.05, 0) is 30.2 Å². The number of aromatic nitrogens is 2. The van der Waals surface area contributed by atoms with E-state index in [1.54, 1.807) is 11.0 Å². The van der Waals surface area contributed by atoms with Crippen molar-refractivity contribution in [1.29, 1.82) is 0 Å². The van der Waals surface area contributed by atoms with Crippen LogP contribution >= 0.6 is 11.6 Å². The lowest BCUT2D eigenvalue weighted by Crippen LogP contribution is -2.44. The Morgan fingerprint density at radius 2 is 1.72 bits per heavy atom. The number of benzene rings is 2. The van der Waals surface area contributed by atoms with Crippen molar-refractivity contribution < 1.29 is 9.59 Å². The van der Waals surface area contributed by atoms with Crippen LogP contribution in [0.4, 0.5) is 5.82 Å². The van der Waals surface area contributed by atoms with Gasteiger partial charge in [-0.1, -0.05) is 66.2 Å². The van der Waals surface area contributed by atoms with Gasteiger partial charge in [-0.25, -0.2) is 0 Å². The zero-order valence-corrected chi connectivity index (χ0v) is 21.0. The van der Waals surface area contributed by atoms with Crippen molar-refractivity contribution in [3.8, 4) is 11.3 Å². The monoisotopic (exact) mass is 503 g/mol. The molecular weight excluding hydrogens is 474 g/mol. The molecule has 2 heterocycles. The minimum Gasteiger partial charge on any atom is -0.353 e. The summed E-state index contributed by atoms with van der Waals surface area (Å²) in [6.07, 6.45) is 2.73. The van der Waals surface area contributed by atoms with Crippen LogP contribution in [0.3, 0.4) is 0 Å². The molecule has 0 saturated carbocycles. The first-order chi connectivity index (χ1) is 17.5. The van der Waals surface area contributed by atoms with E-state index in [1.165, 1.54) is 0 Å². The van der Waals surface area contributed by atoms with Gasteiger partial charge >= 0.3 is 0 Å². The molecule has 8 heteroatoms. The summed E-state index contributed by atoms with van der Waals surface area (Å²) in [5.41, 5.74) is 2.49. The number of rotatable bonds is 8. The third-order valence-corrected chi connectivity index (χ3v) is 6.53. The quantitative estimate of drug-likeness (QED) is 0.433. The number of halogens is 1. The van der Waals surface area contributed by atoms with Crippen LogP contribution in [0.25, 0.3) is 11.3 Å². The van der Waals surface area contributed by atoms with Crippen molar-refractivity contribution in [2.45, 2.75) is 12.8 Å². The number of carbonyl (C=O) groups excluding carboxylic acids is 2. The fourth-order valence-electron chi connectivity index (χ4n) is 4.26. The molecule has 0 aliphatic carbocycles. The summed E-state index contributed by atoms with van der Waals surface area (Å²) in [4.78, 5) is 31.5. The van der Waals surface area contributed by atoms with Crippen molar-refractivity contribution in [3.63, 3.8) is 0 Å². The summed E-state index contributed by atoms with van der Waals surface area (Å²) in [6.45, 7) is 6.74. The lowest BCUT2D eigenvalue weighted by atomic mass is 10.1. The second-order valence-electron chi connectivity index (χ2n) is 8.70. The van der Waals surface area contributed by atoms with Crippen LogP contribution in [0, 0.1) is 0 Å². The summed E-state index contributed by atoms with van der Waals surface area (Å²) in [5.74, 6) is 0.631. The van der Waals surface area contributed by atoms with Crippen LogP contribution < -0.4 is 4.90 Å². The smallest absolute Gasteiger partial charge is 0.242 e. The topological polar surface area (TPSA) is 69.6 Å². The van der Waals surface area contributed by atoms with Gasteiger partial charge in [-0.15, -0.1) is 16.8 Å². The number of carbonyl (C=O) groups is 2. The molecule has 2 aromatic carbocycles. The Balaban J connectivity index is 1.35. The first-order valence-electron chi connectivity index (χ1n) is 12.1. The standard InChI is InChI=1S/C28H30ClN5O2/c1-2-15-34(27(35)20-22-9-4-3-5-10-22)21-28(36)33-17-8-16-32(18-19-33)26-14-13-25(30-31-26)23-11-6-7-12-24(23)29/h2-7,9-14H,1,8,15-21H2. The molecule has 0 atom stereocenters. The van der Waals surface area contributed by atoms with Crippen LogP contribution in [-0.4, -0.2) is 71.1 Å². The van der Waals surface area contributed by atoms with Gasteiger partial charge < -0.3 is 14.7 Å². The summed E-state index contributed by atoms with van der Waals surface area (Å²) in [6, 6.07) is 21.0. The molecule has 1 fully saturated rings. The van der Waals surface area contributed by atoms with E-state index >= 15 is 0 Å². The van der Waals surface area contributed by atoms with Crippen LogP contribution in [0.5, 0.6) is 0 Å². The predicted molar refractivity (Wildman–Crippen MR) is 143 cm³/mol. The zero-order chi connectivity index (χ0) is 25.3. The van der Waals surface area contributed by atoms with Gasteiger partial charge in [0.15, 0.2) is 5.82 Å². The van der Waals surface area contributed by atoms with Gasteiger partial charge in [0.1, 0.15) is 6.54 Å². The van der Waals surface area contributed by atoms with E-state index in [0.29, 0.717) is 31.2 Å². The highest BCUT2D eigenvalue weighted by Gasteiger charge is 2.24. The first-order valence-corrected chi connectivity index (χ1v) is 12.5. The van der Waals surface area contributed by atoms with Crippen molar-refractivity contribution in [3.05, 3.63) is 90.0 Å². The molecule has 3 aromatic rings. The molecule has 0 radical (unpaired) electrons. The van der Waals surface area contributed by atoms with E-state index in [0.717, 1.165) is 35.6 Å². The lowest BCUT2D eigenvalue weighted by Gasteiger charge is -2.26. The maximum atomic E-state index is 13.1. The normalized spacial score (nSPS) is 13.7. The molecule has 1 aromatic heterocycles.